The van der Waals surface area contributed by atoms with Crippen LogP contribution in [0.5, 0.6) is 0 Å². The zero-order valence-electron chi connectivity index (χ0n) is 18.3. The minimum Gasteiger partial charge on any atom is -0.393 e. The van der Waals surface area contributed by atoms with Crippen molar-refractivity contribution in [2.75, 3.05) is 5.75 Å². The van der Waals surface area contributed by atoms with Crippen molar-refractivity contribution in [1.82, 2.24) is 9.55 Å². The third-order valence-electron chi connectivity index (χ3n) is 10.2. The van der Waals surface area contributed by atoms with Gasteiger partial charge in [0.2, 0.25) is 0 Å². The topological polar surface area (TPSA) is 58.3 Å². The van der Waals surface area contributed by atoms with Gasteiger partial charge < -0.3 is 14.8 Å². The summed E-state index contributed by atoms with van der Waals surface area (Å²) in [5.74, 6) is 3.66. The minimum absolute atomic E-state index is 0.0315. The zero-order valence-corrected chi connectivity index (χ0v) is 19.1. The Morgan fingerprint density at radius 2 is 1.90 bits per heavy atom. The van der Waals surface area contributed by atoms with Crippen LogP contribution in [0.4, 0.5) is 0 Å². The molecule has 8 atom stereocenters. The van der Waals surface area contributed by atoms with Gasteiger partial charge in [-0.25, -0.2) is 4.98 Å². The Morgan fingerprint density at radius 3 is 2.66 bits per heavy atom. The van der Waals surface area contributed by atoms with Crippen LogP contribution >= 0.6 is 11.8 Å². The predicted molar refractivity (Wildman–Crippen MR) is 117 cm³/mol. The van der Waals surface area contributed by atoms with Crippen molar-refractivity contribution in [3.8, 4) is 0 Å². The molecule has 1 aromatic heterocycles. The molecule has 1 heterocycles. The molecule has 4 nitrogen and oxygen atoms in total. The largest absolute Gasteiger partial charge is 0.393 e. The number of rotatable bonds is 3. The SMILES string of the molecule is Cn1ccnc1SC[C@]1(O)CC[C@@H]2[C@@H]3CC[C@@H]4C[C@@H](O)CC[C@]4(C)[C@H]3CC[C@@]21C. The van der Waals surface area contributed by atoms with E-state index in [4.69, 9.17) is 0 Å². The van der Waals surface area contributed by atoms with E-state index in [0.29, 0.717) is 17.3 Å². The van der Waals surface area contributed by atoms with Gasteiger partial charge in [0.05, 0.1) is 11.7 Å². The van der Waals surface area contributed by atoms with Gasteiger partial charge in [0, 0.05) is 30.6 Å². The van der Waals surface area contributed by atoms with Crippen LogP contribution in [0.25, 0.3) is 0 Å². The summed E-state index contributed by atoms with van der Waals surface area (Å²) in [5.41, 5.74) is -0.143. The third kappa shape index (κ3) is 2.97. The van der Waals surface area contributed by atoms with Crippen LogP contribution in [0.1, 0.15) is 71.6 Å². The zero-order chi connectivity index (χ0) is 20.4. The van der Waals surface area contributed by atoms with E-state index in [1.807, 2.05) is 19.4 Å². The fraction of sp³-hybridized carbons (Fsp3) is 0.875. The van der Waals surface area contributed by atoms with Gasteiger partial charge in [0.25, 0.3) is 0 Å². The summed E-state index contributed by atoms with van der Waals surface area (Å²) in [6, 6.07) is 0. The molecule has 5 heteroatoms. The van der Waals surface area contributed by atoms with Crippen LogP contribution in [0.15, 0.2) is 17.6 Å². The summed E-state index contributed by atoms with van der Waals surface area (Å²) in [7, 11) is 2.03. The number of aliphatic hydroxyl groups excluding tert-OH is 1. The lowest BCUT2D eigenvalue weighted by molar-refractivity contribution is -0.152. The number of aliphatic hydroxyl groups is 2. The smallest absolute Gasteiger partial charge is 0.167 e. The van der Waals surface area contributed by atoms with Crippen molar-refractivity contribution in [3.05, 3.63) is 12.4 Å². The van der Waals surface area contributed by atoms with E-state index in [1.165, 1.54) is 32.1 Å². The van der Waals surface area contributed by atoms with E-state index >= 15 is 0 Å². The fourth-order valence-corrected chi connectivity index (χ4v) is 9.50. The Bertz CT molecular complexity index is 768. The number of hydrogen-bond acceptors (Lipinski definition) is 4. The molecule has 4 fully saturated rings. The molecule has 4 aliphatic rings. The lowest BCUT2D eigenvalue weighted by Gasteiger charge is -2.61. The van der Waals surface area contributed by atoms with Crippen molar-refractivity contribution in [3.63, 3.8) is 0 Å². The predicted octanol–water partition coefficient (Wildman–Crippen LogP) is 4.65. The lowest BCUT2D eigenvalue weighted by atomic mass is 9.44. The standard InChI is InChI=1S/C24H38N2O2S/c1-22-9-6-17(27)14-16(22)4-5-18-19(22)7-10-23(2)20(18)8-11-24(23,28)15-29-21-25-12-13-26(21)3/h12-13,16-20,27-28H,4-11,14-15H2,1-3H3/t16-,17+,18-,19+,20-,22+,23+,24-/m1/s1. The van der Waals surface area contributed by atoms with E-state index < -0.39 is 5.60 Å². The number of imidazole rings is 1. The van der Waals surface area contributed by atoms with Crippen LogP contribution in [0.3, 0.4) is 0 Å². The number of fused-ring (bicyclic) bond motifs is 5. The third-order valence-corrected chi connectivity index (χ3v) is 11.5. The molecule has 1 aromatic rings. The van der Waals surface area contributed by atoms with Gasteiger partial charge in [-0.05, 0) is 86.9 Å². The monoisotopic (exact) mass is 418 g/mol. The molecule has 29 heavy (non-hydrogen) atoms. The fourth-order valence-electron chi connectivity index (χ4n) is 8.26. The normalized spacial score (nSPS) is 49.3. The minimum atomic E-state index is -0.584. The molecule has 4 saturated carbocycles. The molecule has 4 aliphatic carbocycles. The maximum absolute atomic E-state index is 11.9. The van der Waals surface area contributed by atoms with Crippen molar-refractivity contribution < 1.29 is 10.2 Å². The van der Waals surface area contributed by atoms with Gasteiger partial charge >= 0.3 is 0 Å². The van der Waals surface area contributed by atoms with Gasteiger partial charge in [-0.15, -0.1) is 0 Å². The van der Waals surface area contributed by atoms with Crippen LogP contribution in [0, 0.1) is 34.5 Å². The molecule has 0 radical (unpaired) electrons. The number of thioether (sulfide) groups is 1. The van der Waals surface area contributed by atoms with Crippen molar-refractivity contribution >= 4 is 11.8 Å². The van der Waals surface area contributed by atoms with E-state index in [-0.39, 0.29) is 11.5 Å². The van der Waals surface area contributed by atoms with E-state index in [2.05, 4.69) is 23.4 Å². The van der Waals surface area contributed by atoms with Gasteiger partial charge in [-0.1, -0.05) is 25.6 Å². The highest BCUT2D eigenvalue weighted by molar-refractivity contribution is 7.99. The summed E-state index contributed by atoms with van der Waals surface area (Å²) in [6.07, 6.45) is 14.1. The lowest BCUT2D eigenvalue weighted by Crippen LogP contribution is -2.57. The second-order valence-corrected chi connectivity index (χ2v) is 12.2. The summed E-state index contributed by atoms with van der Waals surface area (Å²) in [4.78, 5) is 4.45. The summed E-state index contributed by atoms with van der Waals surface area (Å²) >= 11 is 1.73. The molecule has 0 aliphatic heterocycles. The van der Waals surface area contributed by atoms with E-state index in [0.717, 1.165) is 48.4 Å². The Labute approximate surface area is 179 Å². The molecule has 2 N–H and O–H groups in total. The highest BCUT2D eigenvalue weighted by Gasteiger charge is 2.64. The number of nitrogens with zero attached hydrogens (tertiary/aromatic N) is 2. The van der Waals surface area contributed by atoms with Crippen molar-refractivity contribution in [1.29, 1.82) is 0 Å². The van der Waals surface area contributed by atoms with Crippen LogP contribution in [-0.4, -0.2) is 37.2 Å². The first-order valence-electron chi connectivity index (χ1n) is 11.8. The van der Waals surface area contributed by atoms with Crippen LogP contribution < -0.4 is 0 Å². The maximum Gasteiger partial charge on any atom is 0.167 e. The Balaban J connectivity index is 1.36. The van der Waals surface area contributed by atoms with Gasteiger partial charge in [0.15, 0.2) is 5.16 Å². The Hall–Kier alpha value is -0.520. The average Bonchev–Trinajstić information content (AvgIpc) is 3.22. The van der Waals surface area contributed by atoms with Crippen LogP contribution in [0.2, 0.25) is 0 Å². The molecule has 162 valence electrons. The molecular weight excluding hydrogens is 380 g/mol. The molecule has 0 spiro atoms. The second kappa shape index (κ2) is 7.00. The second-order valence-electron chi connectivity index (χ2n) is 11.2. The Morgan fingerprint density at radius 1 is 1.10 bits per heavy atom. The van der Waals surface area contributed by atoms with Gasteiger partial charge in [-0.3, -0.25) is 0 Å². The van der Waals surface area contributed by atoms with Crippen molar-refractivity contribution in [2.24, 2.45) is 41.5 Å². The highest BCUT2D eigenvalue weighted by Crippen LogP contribution is 2.68. The molecule has 0 saturated heterocycles. The average molecular weight is 419 g/mol. The number of hydrogen-bond donors (Lipinski definition) is 2. The number of aryl methyl sites for hydroxylation is 1. The summed E-state index contributed by atoms with van der Waals surface area (Å²) < 4.78 is 2.05. The van der Waals surface area contributed by atoms with Crippen molar-refractivity contribution in [2.45, 2.75) is 88.5 Å². The molecule has 0 amide bonds. The summed E-state index contributed by atoms with van der Waals surface area (Å²) in [5, 5.41) is 23.1. The molecule has 0 bridgehead atoms. The first-order chi connectivity index (χ1) is 13.8. The Kier molecular flexibility index (Phi) is 4.92. The van der Waals surface area contributed by atoms with E-state index in [1.54, 1.807) is 11.8 Å². The van der Waals surface area contributed by atoms with Gasteiger partial charge in [-0.2, -0.15) is 0 Å². The first kappa shape index (κ1) is 20.4. The first-order valence-corrected chi connectivity index (χ1v) is 12.8. The molecule has 0 aromatic carbocycles. The number of aromatic nitrogens is 2. The van der Waals surface area contributed by atoms with E-state index in [9.17, 15) is 10.2 Å². The summed E-state index contributed by atoms with van der Waals surface area (Å²) in [6.45, 7) is 4.94. The molecule has 0 unspecified atom stereocenters. The molecule has 5 rings (SSSR count). The highest BCUT2D eigenvalue weighted by atomic mass is 32.2. The maximum atomic E-state index is 11.9. The quantitative estimate of drug-likeness (QED) is 0.702. The van der Waals surface area contributed by atoms with Crippen LogP contribution in [-0.2, 0) is 7.05 Å². The molecular formula is C24H38N2O2S. The van der Waals surface area contributed by atoms with Gasteiger partial charge in [0.1, 0.15) is 0 Å².